The van der Waals surface area contributed by atoms with Gasteiger partial charge in [-0.2, -0.15) is 0 Å². The van der Waals surface area contributed by atoms with Gasteiger partial charge < -0.3 is 10.6 Å². The number of rotatable bonds is 2. The van der Waals surface area contributed by atoms with Crippen molar-refractivity contribution >= 4 is 5.95 Å². The molecule has 102 valence electrons. The Kier molecular flexibility index (Phi) is 2.56. The van der Waals surface area contributed by atoms with E-state index in [1.807, 2.05) is 6.20 Å². The Morgan fingerprint density at radius 3 is 3.11 bits per heavy atom. The molecule has 0 bridgehead atoms. The van der Waals surface area contributed by atoms with E-state index < -0.39 is 0 Å². The van der Waals surface area contributed by atoms with Gasteiger partial charge in [0, 0.05) is 24.7 Å². The molecule has 4 heteroatoms. The molecule has 1 aromatic rings. The molecule has 2 fully saturated rings. The number of nitrogens with zero attached hydrogens (tertiary/aromatic N) is 3. The third-order valence-electron chi connectivity index (χ3n) is 5.13. The largest absolute Gasteiger partial charge is 0.368 e. The van der Waals surface area contributed by atoms with Crippen LogP contribution in [-0.4, -0.2) is 34.5 Å². The van der Waals surface area contributed by atoms with E-state index >= 15 is 0 Å². The van der Waals surface area contributed by atoms with Gasteiger partial charge in [-0.15, -0.1) is 0 Å². The number of aryl methyl sites for hydroxylation is 1. The normalized spacial score (nSPS) is 30.7. The van der Waals surface area contributed by atoms with Crippen molar-refractivity contribution in [3.05, 3.63) is 17.5 Å². The first-order chi connectivity index (χ1) is 9.25. The molecule has 1 aliphatic heterocycles. The molecule has 3 aliphatic rings. The van der Waals surface area contributed by atoms with Crippen LogP contribution in [0.15, 0.2) is 6.20 Å². The topological polar surface area (TPSA) is 55.0 Å². The number of hydrogen-bond donors (Lipinski definition) is 1. The number of aromatic nitrogens is 2. The Balaban J connectivity index is 1.61. The second kappa shape index (κ2) is 4.17. The minimum atomic E-state index is 0.277. The highest BCUT2D eigenvalue weighted by atomic mass is 15.2. The van der Waals surface area contributed by atoms with Crippen LogP contribution in [0, 0.1) is 5.92 Å². The maximum Gasteiger partial charge on any atom is 0.220 e. The second-order valence-electron chi connectivity index (χ2n) is 6.66. The van der Waals surface area contributed by atoms with Crippen LogP contribution >= 0.6 is 0 Å². The Hall–Kier alpha value is -1.16. The molecule has 2 aliphatic carbocycles. The molecule has 0 radical (unpaired) electrons. The van der Waals surface area contributed by atoms with Crippen molar-refractivity contribution in [1.29, 1.82) is 0 Å². The van der Waals surface area contributed by atoms with Crippen LogP contribution in [-0.2, 0) is 11.8 Å². The van der Waals surface area contributed by atoms with Crippen LogP contribution in [0.1, 0.15) is 43.4 Å². The first-order valence-electron chi connectivity index (χ1n) is 7.59. The zero-order valence-corrected chi connectivity index (χ0v) is 11.4. The van der Waals surface area contributed by atoms with E-state index in [1.165, 1.54) is 63.0 Å². The molecule has 1 atom stereocenters. The van der Waals surface area contributed by atoms with Crippen molar-refractivity contribution in [1.82, 2.24) is 14.9 Å². The number of anilines is 1. The van der Waals surface area contributed by atoms with Gasteiger partial charge in [0.05, 0.1) is 5.69 Å². The molecule has 1 saturated carbocycles. The summed E-state index contributed by atoms with van der Waals surface area (Å²) < 4.78 is 0. The molecular formula is C15H22N4. The molecule has 1 aromatic heterocycles. The van der Waals surface area contributed by atoms with E-state index in [4.69, 9.17) is 5.73 Å². The molecule has 4 rings (SSSR count). The molecule has 1 spiro atoms. The van der Waals surface area contributed by atoms with Crippen molar-refractivity contribution in [3.63, 3.8) is 0 Å². The fraction of sp³-hybridized carbons (Fsp3) is 0.733. The molecule has 1 unspecified atom stereocenters. The number of piperidine rings is 1. The number of nitrogens with two attached hydrogens (primary N) is 1. The third-order valence-corrected chi connectivity index (χ3v) is 5.13. The Labute approximate surface area is 114 Å². The summed E-state index contributed by atoms with van der Waals surface area (Å²) in [5.41, 5.74) is 8.69. The lowest BCUT2D eigenvalue weighted by atomic mass is 9.77. The predicted molar refractivity (Wildman–Crippen MR) is 74.8 cm³/mol. The first kappa shape index (κ1) is 11.6. The molecule has 2 N–H and O–H groups in total. The first-order valence-corrected chi connectivity index (χ1v) is 7.59. The maximum atomic E-state index is 5.81. The standard InChI is InChI=1S/C15H22N4/c16-14-17-8-12-4-6-15(13(12)18-14)5-1-7-19(10-15)9-11-2-3-11/h8,11H,1-7,9-10H2,(H2,16,17,18). The van der Waals surface area contributed by atoms with Crippen molar-refractivity contribution < 1.29 is 0 Å². The van der Waals surface area contributed by atoms with Crippen LogP contribution in [0.4, 0.5) is 5.95 Å². The quantitative estimate of drug-likeness (QED) is 0.878. The van der Waals surface area contributed by atoms with Gasteiger partial charge in [0.25, 0.3) is 0 Å². The molecule has 4 nitrogen and oxygen atoms in total. The van der Waals surface area contributed by atoms with Crippen LogP contribution in [0.25, 0.3) is 0 Å². The van der Waals surface area contributed by atoms with Crippen molar-refractivity contribution in [2.75, 3.05) is 25.4 Å². The van der Waals surface area contributed by atoms with Gasteiger partial charge in [0.15, 0.2) is 0 Å². The zero-order chi connectivity index (χ0) is 12.9. The second-order valence-corrected chi connectivity index (χ2v) is 6.66. The van der Waals surface area contributed by atoms with Gasteiger partial charge in [-0.3, -0.25) is 0 Å². The molecule has 0 aromatic carbocycles. The molecule has 19 heavy (non-hydrogen) atoms. The average molecular weight is 258 g/mol. The average Bonchev–Trinajstić information content (AvgIpc) is 3.16. The minimum absolute atomic E-state index is 0.277. The van der Waals surface area contributed by atoms with Crippen LogP contribution < -0.4 is 5.73 Å². The van der Waals surface area contributed by atoms with E-state index in [-0.39, 0.29) is 5.41 Å². The molecule has 2 heterocycles. The van der Waals surface area contributed by atoms with E-state index in [0.717, 1.165) is 12.3 Å². The summed E-state index contributed by atoms with van der Waals surface area (Å²) >= 11 is 0. The highest BCUT2D eigenvalue weighted by molar-refractivity contribution is 5.37. The summed E-state index contributed by atoms with van der Waals surface area (Å²) in [4.78, 5) is 11.4. The summed E-state index contributed by atoms with van der Waals surface area (Å²) in [5, 5.41) is 0. The summed E-state index contributed by atoms with van der Waals surface area (Å²) in [6.07, 6.45) is 9.78. The fourth-order valence-electron chi connectivity index (χ4n) is 4.00. The number of hydrogen-bond acceptors (Lipinski definition) is 4. The van der Waals surface area contributed by atoms with E-state index in [2.05, 4.69) is 14.9 Å². The highest BCUT2D eigenvalue weighted by Crippen LogP contribution is 2.44. The van der Waals surface area contributed by atoms with Crippen LogP contribution in [0.2, 0.25) is 0 Å². The summed E-state index contributed by atoms with van der Waals surface area (Å²) in [7, 11) is 0. The predicted octanol–water partition coefficient (Wildman–Crippen LogP) is 1.75. The van der Waals surface area contributed by atoms with Gasteiger partial charge in [-0.05, 0) is 56.6 Å². The molecular weight excluding hydrogens is 236 g/mol. The number of likely N-dealkylation sites (tertiary alicyclic amines) is 1. The van der Waals surface area contributed by atoms with E-state index in [1.54, 1.807) is 0 Å². The molecule has 1 saturated heterocycles. The van der Waals surface area contributed by atoms with Gasteiger partial charge >= 0.3 is 0 Å². The van der Waals surface area contributed by atoms with Gasteiger partial charge in [0.2, 0.25) is 5.95 Å². The number of nitrogen functional groups attached to an aromatic ring is 1. The van der Waals surface area contributed by atoms with E-state index in [0.29, 0.717) is 5.95 Å². The van der Waals surface area contributed by atoms with E-state index in [9.17, 15) is 0 Å². The Bertz CT molecular complexity index is 493. The Morgan fingerprint density at radius 2 is 2.26 bits per heavy atom. The summed E-state index contributed by atoms with van der Waals surface area (Å²) in [5.74, 6) is 1.42. The minimum Gasteiger partial charge on any atom is -0.368 e. The summed E-state index contributed by atoms with van der Waals surface area (Å²) in [6.45, 7) is 3.76. The zero-order valence-electron chi connectivity index (χ0n) is 11.4. The van der Waals surface area contributed by atoms with Gasteiger partial charge in [0.1, 0.15) is 0 Å². The Morgan fingerprint density at radius 1 is 1.37 bits per heavy atom. The van der Waals surface area contributed by atoms with Crippen LogP contribution in [0.5, 0.6) is 0 Å². The third kappa shape index (κ3) is 2.02. The lowest BCUT2D eigenvalue weighted by Crippen LogP contribution is -2.46. The fourth-order valence-corrected chi connectivity index (χ4v) is 4.00. The monoisotopic (exact) mass is 258 g/mol. The lowest BCUT2D eigenvalue weighted by Gasteiger charge is -2.40. The van der Waals surface area contributed by atoms with Crippen molar-refractivity contribution in [3.8, 4) is 0 Å². The SMILES string of the molecule is Nc1ncc2c(n1)C1(CCCN(CC3CC3)C1)CC2. The smallest absolute Gasteiger partial charge is 0.220 e. The lowest BCUT2D eigenvalue weighted by molar-refractivity contribution is 0.138. The summed E-state index contributed by atoms with van der Waals surface area (Å²) in [6, 6.07) is 0. The van der Waals surface area contributed by atoms with Crippen molar-refractivity contribution in [2.24, 2.45) is 5.92 Å². The highest BCUT2D eigenvalue weighted by Gasteiger charge is 2.44. The van der Waals surface area contributed by atoms with Crippen LogP contribution in [0.3, 0.4) is 0 Å². The van der Waals surface area contributed by atoms with Crippen molar-refractivity contribution in [2.45, 2.75) is 43.9 Å². The van der Waals surface area contributed by atoms with Gasteiger partial charge in [-0.1, -0.05) is 0 Å². The number of fused-ring (bicyclic) bond motifs is 2. The molecule has 0 amide bonds. The van der Waals surface area contributed by atoms with Gasteiger partial charge in [-0.25, -0.2) is 9.97 Å². The maximum absolute atomic E-state index is 5.81.